The summed E-state index contributed by atoms with van der Waals surface area (Å²) in [4.78, 5) is 26.5. The number of amides is 2. The quantitative estimate of drug-likeness (QED) is 0.933. The van der Waals surface area contributed by atoms with Gasteiger partial charge in [-0.3, -0.25) is 9.59 Å². The number of benzene rings is 1. The van der Waals surface area contributed by atoms with E-state index in [0.717, 1.165) is 5.69 Å². The number of carbonyl (C=O) groups excluding carboxylic acids is 2. The van der Waals surface area contributed by atoms with Crippen LogP contribution < -0.4 is 10.2 Å². The fraction of sp³-hybridized carbons (Fsp3) is 0.250. The van der Waals surface area contributed by atoms with E-state index in [4.69, 9.17) is 11.6 Å². The van der Waals surface area contributed by atoms with Gasteiger partial charge in [0.25, 0.3) is 5.91 Å². The Hall–Kier alpha value is -1.85. The highest BCUT2D eigenvalue weighted by molar-refractivity contribution is 7.12. The predicted molar refractivity (Wildman–Crippen MR) is 88.6 cm³/mol. The number of hydrogen-bond acceptors (Lipinski definition) is 3. The molecule has 0 saturated carbocycles. The number of hydrogen-bond donors (Lipinski definition) is 1. The third-order valence-corrected chi connectivity index (χ3v) is 4.76. The molecule has 2 heterocycles. The van der Waals surface area contributed by atoms with Crippen LogP contribution in [-0.2, 0) is 4.79 Å². The molecule has 6 heteroatoms. The number of carbonyl (C=O) groups is 2. The largest absolute Gasteiger partial charge is 0.351 e. The highest BCUT2D eigenvalue weighted by atomic mass is 35.5. The molecular formula is C16H15ClN2O2S. The van der Waals surface area contributed by atoms with Crippen molar-refractivity contribution >= 4 is 40.4 Å². The first-order valence-corrected chi connectivity index (χ1v) is 8.27. The molecule has 3 rings (SSSR count). The molecule has 1 N–H and O–H groups in total. The predicted octanol–water partition coefficient (Wildman–Crippen LogP) is 3.18. The van der Waals surface area contributed by atoms with Crippen molar-refractivity contribution < 1.29 is 9.59 Å². The van der Waals surface area contributed by atoms with E-state index in [1.165, 1.54) is 11.3 Å². The van der Waals surface area contributed by atoms with E-state index in [1.807, 2.05) is 23.6 Å². The number of rotatable bonds is 4. The summed E-state index contributed by atoms with van der Waals surface area (Å²) in [5.74, 6) is 0.136. The maximum atomic E-state index is 12.1. The lowest BCUT2D eigenvalue weighted by Crippen LogP contribution is -2.30. The van der Waals surface area contributed by atoms with Gasteiger partial charge in [-0.15, -0.1) is 11.3 Å². The fourth-order valence-electron chi connectivity index (χ4n) is 2.52. The lowest BCUT2D eigenvalue weighted by Gasteiger charge is -2.17. The molecule has 1 atom stereocenters. The first-order chi connectivity index (χ1) is 10.6. The van der Waals surface area contributed by atoms with Crippen LogP contribution in [0.4, 0.5) is 5.69 Å². The minimum Gasteiger partial charge on any atom is -0.351 e. The lowest BCUT2D eigenvalue weighted by atomic mass is 10.1. The zero-order valence-electron chi connectivity index (χ0n) is 11.8. The average molecular weight is 335 g/mol. The molecule has 22 heavy (non-hydrogen) atoms. The number of anilines is 1. The highest BCUT2D eigenvalue weighted by Gasteiger charge is 2.30. The monoisotopic (exact) mass is 334 g/mol. The number of nitrogens with one attached hydrogen (secondary N) is 1. The van der Waals surface area contributed by atoms with E-state index in [0.29, 0.717) is 29.4 Å². The topological polar surface area (TPSA) is 49.4 Å². The van der Waals surface area contributed by atoms with Gasteiger partial charge in [0.2, 0.25) is 5.91 Å². The normalized spacial score (nSPS) is 17.8. The second-order valence-corrected chi connectivity index (χ2v) is 6.62. The average Bonchev–Trinajstić information content (AvgIpc) is 3.15. The molecule has 0 unspecified atom stereocenters. The van der Waals surface area contributed by atoms with Gasteiger partial charge in [0.05, 0.1) is 4.88 Å². The van der Waals surface area contributed by atoms with Crippen molar-refractivity contribution in [2.24, 2.45) is 5.92 Å². The van der Waals surface area contributed by atoms with Crippen LogP contribution >= 0.6 is 22.9 Å². The minimum atomic E-state index is -0.0765. The summed E-state index contributed by atoms with van der Waals surface area (Å²) in [7, 11) is 0. The highest BCUT2D eigenvalue weighted by Crippen LogP contribution is 2.26. The van der Waals surface area contributed by atoms with Crippen LogP contribution in [-0.4, -0.2) is 24.9 Å². The van der Waals surface area contributed by atoms with Crippen molar-refractivity contribution in [2.75, 3.05) is 18.0 Å². The Balaban J connectivity index is 1.58. The second-order valence-electron chi connectivity index (χ2n) is 5.24. The summed E-state index contributed by atoms with van der Waals surface area (Å²) >= 11 is 7.28. The minimum absolute atomic E-state index is 0.0765. The third kappa shape index (κ3) is 3.31. The Morgan fingerprint density at radius 2 is 2.09 bits per heavy atom. The molecule has 0 aliphatic carbocycles. The maximum absolute atomic E-state index is 12.1. The van der Waals surface area contributed by atoms with Gasteiger partial charge < -0.3 is 10.2 Å². The third-order valence-electron chi connectivity index (χ3n) is 3.64. The molecule has 1 fully saturated rings. The zero-order valence-corrected chi connectivity index (χ0v) is 13.4. The van der Waals surface area contributed by atoms with Crippen LogP contribution in [0.1, 0.15) is 16.1 Å². The lowest BCUT2D eigenvalue weighted by molar-refractivity contribution is -0.117. The van der Waals surface area contributed by atoms with Crippen molar-refractivity contribution in [1.29, 1.82) is 0 Å². The van der Waals surface area contributed by atoms with E-state index in [-0.39, 0.29) is 17.7 Å². The standard InChI is InChI=1S/C16H15ClN2O2S/c17-12-3-5-13(6-4-12)19-10-11(8-15(19)20)9-18-16(21)14-2-1-7-22-14/h1-7,11H,8-10H2,(H,18,21)/t11-/m1/s1. The van der Waals surface area contributed by atoms with Crippen molar-refractivity contribution in [2.45, 2.75) is 6.42 Å². The Morgan fingerprint density at radius 1 is 1.32 bits per heavy atom. The van der Waals surface area contributed by atoms with Crippen LogP contribution in [0.2, 0.25) is 5.02 Å². The van der Waals surface area contributed by atoms with E-state index in [1.54, 1.807) is 23.1 Å². The summed E-state index contributed by atoms with van der Waals surface area (Å²) in [5, 5.41) is 5.42. The van der Waals surface area contributed by atoms with Crippen molar-refractivity contribution in [1.82, 2.24) is 5.32 Å². The summed E-state index contributed by atoms with van der Waals surface area (Å²) < 4.78 is 0. The van der Waals surface area contributed by atoms with E-state index in [2.05, 4.69) is 5.32 Å². The molecule has 1 saturated heterocycles. The number of thiophene rings is 1. The Morgan fingerprint density at radius 3 is 2.77 bits per heavy atom. The number of halogens is 1. The summed E-state index contributed by atoms with van der Waals surface area (Å²) in [6.45, 7) is 1.12. The molecule has 1 aliphatic heterocycles. The van der Waals surface area contributed by atoms with Gasteiger partial charge in [0, 0.05) is 36.1 Å². The molecular weight excluding hydrogens is 320 g/mol. The summed E-state index contributed by atoms with van der Waals surface area (Å²) in [6.07, 6.45) is 0.452. The van der Waals surface area contributed by atoms with Gasteiger partial charge in [-0.2, -0.15) is 0 Å². The van der Waals surface area contributed by atoms with Gasteiger partial charge in [-0.1, -0.05) is 17.7 Å². The first kappa shape index (κ1) is 15.1. The Kier molecular flexibility index (Phi) is 4.45. The first-order valence-electron chi connectivity index (χ1n) is 7.01. The van der Waals surface area contributed by atoms with E-state index in [9.17, 15) is 9.59 Å². The molecule has 1 aromatic heterocycles. The van der Waals surface area contributed by atoms with Crippen LogP contribution in [0.25, 0.3) is 0 Å². The van der Waals surface area contributed by atoms with Crippen LogP contribution in [0, 0.1) is 5.92 Å². The molecule has 1 aliphatic rings. The van der Waals surface area contributed by atoms with Crippen LogP contribution in [0.15, 0.2) is 41.8 Å². The van der Waals surface area contributed by atoms with E-state index < -0.39 is 0 Å². The fourth-order valence-corrected chi connectivity index (χ4v) is 3.29. The second kappa shape index (κ2) is 6.50. The molecule has 0 radical (unpaired) electrons. The van der Waals surface area contributed by atoms with E-state index >= 15 is 0 Å². The molecule has 0 spiro atoms. The molecule has 0 bridgehead atoms. The zero-order chi connectivity index (χ0) is 15.5. The van der Waals surface area contributed by atoms with Gasteiger partial charge in [0.15, 0.2) is 0 Å². The smallest absolute Gasteiger partial charge is 0.261 e. The van der Waals surface area contributed by atoms with Gasteiger partial charge in [-0.25, -0.2) is 0 Å². The van der Waals surface area contributed by atoms with Crippen molar-refractivity contribution in [3.8, 4) is 0 Å². The maximum Gasteiger partial charge on any atom is 0.261 e. The Labute approximate surface area is 137 Å². The van der Waals surface area contributed by atoms with Crippen molar-refractivity contribution in [3.05, 3.63) is 51.7 Å². The summed E-state index contributed by atoms with van der Waals surface area (Å²) in [6, 6.07) is 10.9. The molecule has 114 valence electrons. The molecule has 2 aromatic rings. The van der Waals surface area contributed by atoms with Crippen LogP contribution in [0.3, 0.4) is 0 Å². The van der Waals surface area contributed by atoms with Crippen molar-refractivity contribution in [3.63, 3.8) is 0 Å². The molecule has 1 aromatic carbocycles. The molecule has 2 amide bonds. The Bertz CT molecular complexity index is 670. The number of nitrogens with zero attached hydrogens (tertiary/aromatic N) is 1. The van der Waals surface area contributed by atoms with Gasteiger partial charge >= 0.3 is 0 Å². The SMILES string of the molecule is O=C(NC[C@H]1CC(=O)N(c2ccc(Cl)cc2)C1)c1cccs1. The van der Waals surface area contributed by atoms with Gasteiger partial charge in [0.1, 0.15) is 0 Å². The summed E-state index contributed by atoms with van der Waals surface area (Å²) in [5.41, 5.74) is 0.849. The molecule has 4 nitrogen and oxygen atoms in total. The van der Waals surface area contributed by atoms with Crippen LogP contribution in [0.5, 0.6) is 0 Å². The van der Waals surface area contributed by atoms with Gasteiger partial charge in [-0.05, 0) is 35.7 Å².